The predicted octanol–water partition coefficient (Wildman–Crippen LogP) is 4.67. The Bertz CT molecular complexity index is 537. The standard InChI is InChI=1S/C16H22N2OS/c1-4-9-17-16-18-10-13(20-16)11-19-15-8-6-5-7-14(15)12(2)3/h5-8,10,12H,4,9,11H2,1-3H3,(H,17,18). The highest BCUT2D eigenvalue weighted by Crippen LogP contribution is 2.27. The SMILES string of the molecule is CCCNc1ncc(COc2ccccc2C(C)C)s1. The van der Waals surface area contributed by atoms with Crippen molar-refractivity contribution in [2.24, 2.45) is 0 Å². The van der Waals surface area contributed by atoms with Gasteiger partial charge in [0.25, 0.3) is 0 Å². The Hall–Kier alpha value is -1.55. The molecule has 1 heterocycles. The summed E-state index contributed by atoms with van der Waals surface area (Å²) in [4.78, 5) is 5.49. The van der Waals surface area contributed by atoms with E-state index in [-0.39, 0.29) is 0 Å². The van der Waals surface area contributed by atoms with Crippen molar-refractivity contribution >= 4 is 16.5 Å². The molecule has 0 unspecified atom stereocenters. The van der Waals surface area contributed by atoms with Gasteiger partial charge in [-0.15, -0.1) is 0 Å². The van der Waals surface area contributed by atoms with Crippen molar-refractivity contribution < 1.29 is 4.74 Å². The maximum absolute atomic E-state index is 5.94. The van der Waals surface area contributed by atoms with Crippen molar-refractivity contribution in [2.45, 2.75) is 39.7 Å². The van der Waals surface area contributed by atoms with E-state index >= 15 is 0 Å². The topological polar surface area (TPSA) is 34.2 Å². The Kier molecular flexibility index (Phi) is 5.41. The van der Waals surface area contributed by atoms with Crippen molar-refractivity contribution in [1.82, 2.24) is 4.98 Å². The van der Waals surface area contributed by atoms with E-state index in [2.05, 4.69) is 43.2 Å². The molecule has 20 heavy (non-hydrogen) atoms. The zero-order chi connectivity index (χ0) is 14.4. The number of para-hydroxylation sites is 1. The molecule has 0 radical (unpaired) electrons. The third-order valence-corrected chi connectivity index (χ3v) is 3.92. The lowest BCUT2D eigenvalue weighted by Gasteiger charge is -2.12. The Morgan fingerprint density at radius 3 is 2.85 bits per heavy atom. The van der Waals surface area contributed by atoms with Gasteiger partial charge in [0.15, 0.2) is 5.13 Å². The molecular weight excluding hydrogens is 268 g/mol. The van der Waals surface area contributed by atoms with Crippen molar-refractivity contribution in [3.05, 3.63) is 40.9 Å². The number of nitrogens with one attached hydrogen (secondary N) is 1. The van der Waals surface area contributed by atoms with Gasteiger partial charge in [0.2, 0.25) is 0 Å². The maximum atomic E-state index is 5.94. The van der Waals surface area contributed by atoms with Gasteiger partial charge in [0, 0.05) is 12.7 Å². The van der Waals surface area contributed by atoms with Crippen molar-refractivity contribution in [3.8, 4) is 5.75 Å². The summed E-state index contributed by atoms with van der Waals surface area (Å²) in [7, 11) is 0. The molecule has 1 aromatic heterocycles. The Labute approximate surface area is 125 Å². The van der Waals surface area contributed by atoms with E-state index in [1.807, 2.05) is 18.3 Å². The second-order valence-corrected chi connectivity index (χ2v) is 6.15. The van der Waals surface area contributed by atoms with Crippen LogP contribution >= 0.6 is 11.3 Å². The van der Waals surface area contributed by atoms with Gasteiger partial charge in [-0.2, -0.15) is 0 Å². The number of hydrogen-bond acceptors (Lipinski definition) is 4. The molecule has 0 aliphatic carbocycles. The molecule has 0 saturated heterocycles. The first kappa shape index (κ1) is 14.9. The summed E-state index contributed by atoms with van der Waals surface area (Å²) < 4.78 is 5.94. The molecule has 4 heteroatoms. The molecule has 0 spiro atoms. The Morgan fingerprint density at radius 1 is 1.30 bits per heavy atom. The molecular formula is C16H22N2OS. The molecule has 0 amide bonds. The molecule has 1 N–H and O–H groups in total. The van der Waals surface area contributed by atoms with E-state index in [1.54, 1.807) is 11.3 Å². The van der Waals surface area contributed by atoms with Gasteiger partial charge in [0.05, 0.1) is 4.88 Å². The predicted molar refractivity (Wildman–Crippen MR) is 85.8 cm³/mol. The molecule has 0 saturated carbocycles. The molecule has 1 aromatic carbocycles. The molecule has 0 aliphatic rings. The highest BCUT2D eigenvalue weighted by Gasteiger charge is 2.08. The summed E-state index contributed by atoms with van der Waals surface area (Å²) in [5.41, 5.74) is 1.25. The average molecular weight is 290 g/mol. The summed E-state index contributed by atoms with van der Waals surface area (Å²) in [6.45, 7) is 8.05. The van der Waals surface area contributed by atoms with Gasteiger partial charge in [-0.3, -0.25) is 0 Å². The zero-order valence-electron chi connectivity index (χ0n) is 12.3. The number of nitrogens with zero attached hydrogens (tertiary/aromatic N) is 1. The number of rotatable bonds is 7. The van der Waals surface area contributed by atoms with Crippen molar-refractivity contribution in [1.29, 1.82) is 0 Å². The molecule has 0 aliphatic heterocycles. The lowest BCUT2D eigenvalue weighted by atomic mass is 10.0. The van der Waals surface area contributed by atoms with E-state index in [4.69, 9.17) is 4.74 Å². The van der Waals surface area contributed by atoms with Gasteiger partial charge in [-0.1, -0.05) is 50.3 Å². The van der Waals surface area contributed by atoms with Gasteiger partial charge < -0.3 is 10.1 Å². The van der Waals surface area contributed by atoms with Gasteiger partial charge in [-0.05, 0) is 24.0 Å². The van der Waals surface area contributed by atoms with Crippen LogP contribution in [-0.2, 0) is 6.61 Å². The van der Waals surface area contributed by atoms with Crippen LogP contribution in [-0.4, -0.2) is 11.5 Å². The van der Waals surface area contributed by atoms with Crippen LogP contribution in [0.15, 0.2) is 30.5 Å². The first-order chi connectivity index (χ1) is 9.70. The Balaban J connectivity index is 1.96. The van der Waals surface area contributed by atoms with Crippen LogP contribution in [0.25, 0.3) is 0 Å². The van der Waals surface area contributed by atoms with Gasteiger partial charge in [0.1, 0.15) is 12.4 Å². The highest BCUT2D eigenvalue weighted by atomic mass is 32.1. The first-order valence-corrected chi connectivity index (χ1v) is 7.92. The van der Waals surface area contributed by atoms with Crippen LogP contribution in [0.2, 0.25) is 0 Å². The minimum absolute atomic E-state index is 0.467. The van der Waals surface area contributed by atoms with E-state index in [9.17, 15) is 0 Å². The number of thiazole rings is 1. The molecule has 3 nitrogen and oxygen atoms in total. The average Bonchev–Trinajstić information content (AvgIpc) is 2.91. The summed E-state index contributed by atoms with van der Waals surface area (Å²) in [6.07, 6.45) is 2.99. The number of hydrogen-bond donors (Lipinski definition) is 1. The van der Waals surface area contributed by atoms with Crippen molar-refractivity contribution in [3.63, 3.8) is 0 Å². The van der Waals surface area contributed by atoms with E-state index in [1.165, 1.54) is 5.56 Å². The second-order valence-electron chi connectivity index (χ2n) is 5.04. The smallest absolute Gasteiger partial charge is 0.182 e. The summed E-state index contributed by atoms with van der Waals surface area (Å²) >= 11 is 1.66. The lowest BCUT2D eigenvalue weighted by Crippen LogP contribution is -1.98. The largest absolute Gasteiger partial charge is 0.488 e. The molecule has 2 rings (SSSR count). The quantitative estimate of drug-likeness (QED) is 0.804. The lowest BCUT2D eigenvalue weighted by molar-refractivity contribution is 0.305. The summed E-state index contributed by atoms with van der Waals surface area (Å²) in [5, 5.41) is 4.27. The van der Waals surface area contributed by atoms with Crippen LogP contribution in [0.1, 0.15) is 43.6 Å². The minimum atomic E-state index is 0.467. The minimum Gasteiger partial charge on any atom is -0.488 e. The third kappa shape index (κ3) is 3.97. The Morgan fingerprint density at radius 2 is 2.10 bits per heavy atom. The summed E-state index contributed by atoms with van der Waals surface area (Å²) in [5.74, 6) is 1.44. The van der Waals surface area contributed by atoms with Crippen LogP contribution in [0.4, 0.5) is 5.13 Å². The molecule has 0 bridgehead atoms. The fourth-order valence-corrected chi connectivity index (χ4v) is 2.68. The van der Waals surface area contributed by atoms with E-state index < -0.39 is 0 Å². The van der Waals surface area contributed by atoms with Gasteiger partial charge in [-0.25, -0.2) is 4.98 Å². The summed E-state index contributed by atoms with van der Waals surface area (Å²) in [6, 6.07) is 8.23. The van der Waals surface area contributed by atoms with Crippen LogP contribution < -0.4 is 10.1 Å². The number of benzene rings is 1. The van der Waals surface area contributed by atoms with Crippen LogP contribution in [0.3, 0.4) is 0 Å². The van der Waals surface area contributed by atoms with E-state index in [0.717, 1.165) is 28.7 Å². The van der Waals surface area contributed by atoms with Gasteiger partial charge >= 0.3 is 0 Å². The molecule has 0 atom stereocenters. The third-order valence-electron chi connectivity index (χ3n) is 2.99. The second kappa shape index (κ2) is 7.29. The van der Waals surface area contributed by atoms with Crippen LogP contribution in [0.5, 0.6) is 5.75 Å². The fourth-order valence-electron chi connectivity index (χ4n) is 1.93. The monoisotopic (exact) mass is 290 g/mol. The first-order valence-electron chi connectivity index (χ1n) is 7.11. The number of ether oxygens (including phenoxy) is 1. The molecule has 2 aromatic rings. The normalized spacial score (nSPS) is 10.8. The zero-order valence-corrected chi connectivity index (χ0v) is 13.2. The van der Waals surface area contributed by atoms with Crippen LogP contribution in [0, 0.1) is 0 Å². The fraction of sp³-hybridized carbons (Fsp3) is 0.438. The molecule has 0 fully saturated rings. The highest BCUT2D eigenvalue weighted by molar-refractivity contribution is 7.15. The number of anilines is 1. The van der Waals surface area contributed by atoms with E-state index in [0.29, 0.717) is 12.5 Å². The maximum Gasteiger partial charge on any atom is 0.182 e. The van der Waals surface area contributed by atoms with Crippen molar-refractivity contribution in [2.75, 3.05) is 11.9 Å². The molecule has 108 valence electrons. The number of aromatic nitrogens is 1.